The molecule has 0 aromatic heterocycles. The van der Waals surface area contributed by atoms with E-state index in [1.807, 2.05) is 12.1 Å². The molecule has 1 aromatic rings. The number of hydrogen-bond acceptors (Lipinski definition) is 1. The quantitative estimate of drug-likeness (QED) is 0.558. The van der Waals surface area contributed by atoms with Crippen molar-refractivity contribution in [2.75, 3.05) is 7.05 Å². The molecule has 1 aliphatic rings. The molecule has 0 radical (unpaired) electrons. The molecule has 0 spiro atoms. The largest absolute Gasteiger partial charge is 0.317 e. The van der Waals surface area contributed by atoms with E-state index in [1.165, 1.54) is 31.3 Å². The van der Waals surface area contributed by atoms with E-state index in [0.717, 1.165) is 23.5 Å². The predicted molar refractivity (Wildman–Crippen MR) is 97.9 cm³/mol. The molecule has 2 rings (SSSR count). The molecule has 3 atom stereocenters. The van der Waals surface area contributed by atoms with Crippen LogP contribution in [0.3, 0.4) is 0 Å². The Morgan fingerprint density at radius 2 is 2.04 bits per heavy atom. The van der Waals surface area contributed by atoms with Crippen LogP contribution in [0.4, 0.5) is 4.39 Å². The monoisotopic (exact) mass is 315 g/mol. The minimum Gasteiger partial charge on any atom is -0.317 e. The van der Waals surface area contributed by atoms with Crippen molar-refractivity contribution in [1.29, 1.82) is 0 Å². The standard InChI is InChI=1S/C21H30FN/c1-5-7-19(20-14-18(22)12-8-15(20)3)17-10-9-16(6-2)21(23-4)13-11-17/h5,7-8,12,14,16-17,21,23H,1,6,9-11,13H2,2-4H3/b19-7-. The molecular weight excluding hydrogens is 285 g/mol. The summed E-state index contributed by atoms with van der Waals surface area (Å²) in [5, 5.41) is 3.50. The molecule has 1 saturated carbocycles. The Bertz CT molecular complexity index is 547. The van der Waals surface area contributed by atoms with Crippen molar-refractivity contribution in [3.63, 3.8) is 0 Å². The first-order chi connectivity index (χ1) is 11.1. The fourth-order valence-electron chi connectivity index (χ4n) is 4.03. The number of hydrogen-bond donors (Lipinski definition) is 1. The zero-order chi connectivity index (χ0) is 16.8. The van der Waals surface area contributed by atoms with E-state index in [4.69, 9.17) is 0 Å². The summed E-state index contributed by atoms with van der Waals surface area (Å²) >= 11 is 0. The summed E-state index contributed by atoms with van der Waals surface area (Å²) in [6, 6.07) is 5.71. The number of aryl methyl sites for hydroxylation is 1. The average Bonchev–Trinajstić information content (AvgIpc) is 2.76. The molecule has 1 fully saturated rings. The normalized spacial score (nSPS) is 25.9. The Morgan fingerprint density at radius 1 is 1.30 bits per heavy atom. The van der Waals surface area contributed by atoms with Crippen LogP contribution in [-0.4, -0.2) is 13.1 Å². The third kappa shape index (κ3) is 4.32. The highest BCUT2D eigenvalue weighted by molar-refractivity contribution is 5.71. The maximum atomic E-state index is 13.8. The predicted octanol–water partition coefficient (Wildman–Crippen LogP) is 5.51. The van der Waals surface area contributed by atoms with Gasteiger partial charge in [-0.3, -0.25) is 0 Å². The molecule has 0 aliphatic heterocycles. The minimum absolute atomic E-state index is 0.159. The van der Waals surface area contributed by atoms with Crippen molar-refractivity contribution in [2.45, 2.75) is 52.0 Å². The lowest BCUT2D eigenvalue weighted by atomic mass is 9.84. The third-order valence-electron chi connectivity index (χ3n) is 5.42. The highest BCUT2D eigenvalue weighted by Crippen LogP contribution is 2.38. The van der Waals surface area contributed by atoms with Crippen LogP contribution in [0.1, 0.15) is 50.2 Å². The van der Waals surface area contributed by atoms with Crippen molar-refractivity contribution < 1.29 is 4.39 Å². The molecule has 1 N–H and O–H groups in total. The first kappa shape index (κ1) is 17.9. The van der Waals surface area contributed by atoms with E-state index in [9.17, 15) is 4.39 Å². The maximum absolute atomic E-state index is 13.8. The third-order valence-corrected chi connectivity index (χ3v) is 5.42. The Balaban J connectivity index is 2.30. The number of allylic oxidation sites excluding steroid dienone is 3. The number of benzene rings is 1. The summed E-state index contributed by atoms with van der Waals surface area (Å²) in [5.41, 5.74) is 3.44. The Morgan fingerprint density at radius 3 is 2.70 bits per heavy atom. The van der Waals surface area contributed by atoms with Gasteiger partial charge >= 0.3 is 0 Å². The van der Waals surface area contributed by atoms with Gasteiger partial charge in [-0.25, -0.2) is 4.39 Å². The summed E-state index contributed by atoms with van der Waals surface area (Å²) in [4.78, 5) is 0. The number of halogens is 1. The highest BCUT2D eigenvalue weighted by atomic mass is 19.1. The SMILES string of the molecule is C=C/C=C(\c1cc(F)ccc1C)C1CCC(CC)C(NC)CC1. The van der Waals surface area contributed by atoms with Gasteiger partial charge in [-0.2, -0.15) is 0 Å². The maximum Gasteiger partial charge on any atom is 0.123 e. The molecule has 0 bridgehead atoms. The second kappa shape index (κ2) is 8.44. The van der Waals surface area contributed by atoms with E-state index in [2.05, 4.69) is 38.9 Å². The highest BCUT2D eigenvalue weighted by Gasteiger charge is 2.27. The van der Waals surface area contributed by atoms with Gasteiger partial charge in [0.1, 0.15) is 5.82 Å². The molecule has 23 heavy (non-hydrogen) atoms. The zero-order valence-corrected chi connectivity index (χ0v) is 14.7. The van der Waals surface area contributed by atoms with Gasteiger partial charge in [-0.15, -0.1) is 0 Å². The van der Waals surface area contributed by atoms with Crippen LogP contribution in [0.5, 0.6) is 0 Å². The van der Waals surface area contributed by atoms with Gasteiger partial charge in [0.25, 0.3) is 0 Å². The fourth-order valence-corrected chi connectivity index (χ4v) is 4.03. The fraction of sp³-hybridized carbons (Fsp3) is 0.524. The van der Waals surface area contributed by atoms with E-state index < -0.39 is 0 Å². The van der Waals surface area contributed by atoms with E-state index in [0.29, 0.717) is 12.0 Å². The Hall–Kier alpha value is -1.41. The lowest BCUT2D eigenvalue weighted by Gasteiger charge is -2.22. The van der Waals surface area contributed by atoms with E-state index in [-0.39, 0.29) is 5.82 Å². The Labute approximate surface area is 140 Å². The van der Waals surface area contributed by atoms with Crippen LogP contribution in [0, 0.1) is 24.6 Å². The number of nitrogens with one attached hydrogen (secondary N) is 1. The lowest BCUT2D eigenvalue weighted by molar-refractivity contribution is 0.343. The van der Waals surface area contributed by atoms with Crippen molar-refractivity contribution >= 4 is 5.57 Å². The first-order valence-electron chi connectivity index (χ1n) is 8.87. The van der Waals surface area contributed by atoms with Gasteiger partial charge in [0.05, 0.1) is 0 Å². The smallest absolute Gasteiger partial charge is 0.123 e. The van der Waals surface area contributed by atoms with Crippen molar-refractivity contribution in [2.24, 2.45) is 11.8 Å². The van der Waals surface area contributed by atoms with Gasteiger partial charge in [0.2, 0.25) is 0 Å². The molecule has 3 unspecified atom stereocenters. The second-order valence-electron chi connectivity index (χ2n) is 6.73. The van der Waals surface area contributed by atoms with Gasteiger partial charge in [-0.05, 0) is 80.3 Å². The van der Waals surface area contributed by atoms with Crippen molar-refractivity contribution in [3.8, 4) is 0 Å². The molecule has 2 heteroatoms. The molecule has 0 heterocycles. The lowest BCUT2D eigenvalue weighted by Crippen LogP contribution is -2.32. The van der Waals surface area contributed by atoms with Crippen LogP contribution >= 0.6 is 0 Å². The van der Waals surface area contributed by atoms with Crippen molar-refractivity contribution in [1.82, 2.24) is 5.32 Å². The van der Waals surface area contributed by atoms with Gasteiger partial charge in [-0.1, -0.05) is 38.1 Å². The van der Waals surface area contributed by atoms with Gasteiger partial charge in [0, 0.05) is 6.04 Å². The van der Waals surface area contributed by atoms with E-state index >= 15 is 0 Å². The van der Waals surface area contributed by atoms with Crippen LogP contribution in [0.15, 0.2) is 36.9 Å². The molecule has 1 aliphatic carbocycles. The Kier molecular flexibility index (Phi) is 6.59. The first-order valence-corrected chi connectivity index (χ1v) is 8.87. The number of rotatable bonds is 5. The summed E-state index contributed by atoms with van der Waals surface area (Å²) in [6.07, 6.45) is 9.89. The van der Waals surface area contributed by atoms with E-state index in [1.54, 1.807) is 12.1 Å². The van der Waals surface area contributed by atoms with Gasteiger partial charge < -0.3 is 5.32 Å². The van der Waals surface area contributed by atoms with Crippen LogP contribution < -0.4 is 5.32 Å². The molecule has 0 saturated heterocycles. The summed E-state index contributed by atoms with van der Waals surface area (Å²) in [6.45, 7) is 8.22. The summed E-state index contributed by atoms with van der Waals surface area (Å²) in [5.74, 6) is 1.07. The van der Waals surface area contributed by atoms with Crippen LogP contribution in [0.25, 0.3) is 5.57 Å². The molecule has 126 valence electrons. The van der Waals surface area contributed by atoms with Crippen LogP contribution in [0.2, 0.25) is 0 Å². The topological polar surface area (TPSA) is 12.0 Å². The molecule has 0 amide bonds. The zero-order valence-electron chi connectivity index (χ0n) is 14.7. The second-order valence-corrected chi connectivity index (χ2v) is 6.73. The van der Waals surface area contributed by atoms with Gasteiger partial charge in [0.15, 0.2) is 0 Å². The molecule has 1 nitrogen and oxygen atoms in total. The average molecular weight is 315 g/mol. The summed E-state index contributed by atoms with van der Waals surface area (Å²) in [7, 11) is 2.07. The molecule has 1 aromatic carbocycles. The molecular formula is C21H30FN. The van der Waals surface area contributed by atoms with Crippen molar-refractivity contribution in [3.05, 3.63) is 53.9 Å². The van der Waals surface area contributed by atoms with Crippen LogP contribution in [-0.2, 0) is 0 Å². The minimum atomic E-state index is -0.159. The summed E-state index contributed by atoms with van der Waals surface area (Å²) < 4.78 is 13.8.